The molecule has 1 fully saturated rings. The zero-order chi connectivity index (χ0) is 13.4. The van der Waals surface area contributed by atoms with Gasteiger partial charge in [0.1, 0.15) is 0 Å². The lowest BCUT2D eigenvalue weighted by atomic mass is 9.89. The maximum absolute atomic E-state index is 6.50. The summed E-state index contributed by atoms with van der Waals surface area (Å²) in [6.07, 6.45) is 2.61. The van der Waals surface area contributed by atoms with Crippen LogP contribution in [-0.4, -0.2) is 43.0 Å². The van der Waals surface area contributed by atoms with E-state index in [9.17, 15) is 0 Å². The molecule has 1 aromatic carbocycles. The molecule has 0 amide bonds. The molecule has 0 saturated carbocycles. The number of likely N-dealkylation sites (tertiary alicyclic amines) is 1. The third-order valence-electron chi connectivity index (χ3n) is 4.58. The SMILES string of the molecule is CN1CC(N2CCCC2)c2c(Cl)cccc2C1CN. The standard InChI is InChI=1S/C15H22ClN3/c1-18-10-14(19-7-2-3-8-19)15-11(13(18)9-17)5-4-6-12(15)16/h4-6,13-14H,2-3,7-10,17H2,1H3. The molecule has 4 heteroatoms. The number of fused-ring (bicyclic) bond motifs is 1. The summed E-state index contributed by atoms with van der Waals surface area (Å²) in [6, 6.07) is 6.98. The topological polar surface area (TPSA) is 32.5 Å². The highest BCUT2D eigenvalue weighted by molar-refractivity contribution is 6.31. The molecule has 1 saturated heterocycles. The highest BCUT2D eigenvalue weighted by atomic mass is 35.5. The van der Waals surface area contributed by atoms with E-state index in [0.29, 0.717) is 18.6 Å². The van der Waals surface area contributed by atoms with Crippen molar-refractivity contribution in [1.82, 2.24) is 9.80 Å². The zero-order valence-electron chi connectivity index (χ0n) is 11.5. The van der Waals surface area contributed by atoms with Crippen LogP contribution in [0, 0.1) is 0 Å². The lowest BCUT2D eigenvalue weighted by molar-refractivity contribution is 0.130. The molecule has 3 rings (SSSR count). The molecule has 0 spiro atoms. The summed E-state index contributed by atoms with van der Waals surface area (Å²) in [5.74, 6) is 0. The molecule has 2 aliphatic rings. The van der Waals surface area contributed by atoms with Gasteiger partial charge in [0.2, 0.25) is 0 Å². The zero-order valence-corrected chi connectivity index (χ0v) is 12.2. The summed E-state index contributed by atoms with van der Waals surface area (Å²) in [5.41, 5.74) is 8.60. The molecule has 0 bridgehead atoms. The third-order valence-corrected chi connectivity index (χ3v) is 4.91. The minimum atomic E-state index is 0.299. The Kier molecular flexibility index (Phi) is 3.81. The number of nitrogens with two attached hydrogens (primary N) is 1. The Bertz CT molecular complexity index is 457. The second kappa shape index (κ2) is 5.41. The number of nitrogens with zero attached hydrogens (tertiary/aromatic N) is 2. The van der Waals surface area contributed by atoms with Gasteiger partial charge >= 0.3 is 0 Å². The average molecular weight is 280 g/mol. The fourth-order valence-corrected chi connectivity index (χ4v) is 3.89. The van der Waals surface area contributed by atoms with E-state index < -0.39 is 0 Å². The molecule has 0 aromatic heterocycles. The van der Waals surface area contributed by atoms with Crippen molar-refractivity contribution in [2.24, 2.45) is 5.73 Å². The Balaban J connectivity index is 2.04. The van der Waals surface area contributed by atoms with Crippen LogP contribution in [0.2, 0.25) is 5.02 Å². The highest BCUT2D eigenvalue weighted by Crippen LogP contribution is 2.41. The van der Waals surface area contributed by atoms with Crippen molar-refractivity contribution in [3.05, 3.63) is 34.3 Å². The largest absolute Gasteiger partial charge is 0.329 e. The van der Waals surface area contributed by atoms with Crippen LogP contribution in [0.4, 0.5) is 0 Å². The van der Waals surface area contributed by atoms with Gasteiger partial charge in [-0.1, -0.05) is 23.7 Å². The first-order chi connectivity index (χ1) is 9.22. The van der Waals surface area contributed by atoms with E-state index in [0.717, 1.165) is 11.6 Å². The van der Waals surface area contributed by atoms with E-state index in [4.69, 9.17) is 17.3 Å². The fourth-order valence-electron chi connectivity index (χ4n) is 3.58. The maximum Gasteiger partial charge on any atom is 0.0493 e. The smallest absolute Gasteiger partial charge is 0.0493 e. The predicted octanol–water partition coefficient (Wildman–Crippen LogP) is 2.42. The quantitative estimate of drug-likeness (QED) is 0.902. The molecule has 2 atom stereocenters. The minimum Gasteiger partial charge on any atom is -0.329 e. The predicted molar refractivity (Wildman–Crippen MR) is 79.4 cm³/mol. The van der Waals surface area contributed by atoms with E-state index in [1.165, 1.54) is 37.1 Å². The molecule has 2 heterocycles. The van der Waals surface area contributed by atoms with Crippen LogP contribution in [0.25, 0.3) is 0 Å². The van der Waals surface area contributed by atoms with Gasteiger partial charge in [-0.3, -0.25) is 9.80 Å². The molecule has 2 N–H and O–H groups in total. The average Bonchev–Trinajstić information content (AvgIpc) is 2.91. The van der Waals surface area contributed by atoms with Crippen LogP contribution < -0.4 is 5.73 Å². The molecule has 0 radical (unpaired) electrons. The van der Waals surface area contributed by atoms with Gasteiger partial charge in [-0.15, -0.1) is 0 Å². The van der Waals surface area contributed by atoms with E-state index in [1.807, 2.05) is 12.1 Å². The van der Waals surface area contributed by atoms with Gasteiger partial charge in [0, 0.05) is 30.2 Å². The normalized spacial score (nSPS) is 28.6. The van der Waals surface area contributed by atoms with Gasteiger partial charge < -0.3 is 5.73 Å². The van der Waals surface area contributed by atoms with Crippen LogP contribution in [0.15, 0.2) is 18.2 Å². The van der Waals surface area contributed by atoms with Crippen LogP contribution in [0.1, 0.15) is 36.1 Å². The lowest BCUT2D eigenvalue weighted by Gasteiger charge is -2.42. The van der Waals surface area contributed by atoms with Gasteiger partial charge in [-0.25, -0.2) is 0 Å². The Morgan fingerprint density at radius 2 is 2.05 bits per heavy atom. The molecular formula is C15H22ClN3. The Hall–Kier alpha value is -0.610. The molecule has 0 aliphatic carbocycles. The van der Waals surface area contributed by atoms with Gasteiger partial charge in [0.15, 0.2) is 0 Å². The second-order valence-electron chi connectivity index (χ2n) is 5.69. The summed E-state index contributed by atoms with van der Waals surface area (Å²) in [6.45, 7) is 4.06. The highest BCUT2D eigenvalue weighted by Gasteiger charge is 2.35. The monoisotopic (exact) mass is 279 g/mol. The Morgan fingerprint density at radius 1 is 1.32 bits per heavy atom. The van der Waals surface area contributed by atoms with Crippen molar-refractivity contribution >= 4 is 11.6 Å². The summed E-state index contributed by atoms with van der Waals surface area (Å²) in [7, 11) is 2.17. The van der Waals surface area contributed by atoms with E-state index in [1.54, 1.807) is 0 Å². The number of rotatable bonds is 2. The fraction of sp³-hybridized carbons (Fsp3) is 0.600. The number of hydrogen-bond donors (Lipinski definition) is 1. The molecular weight excluding hydrogens is 258 g/mol. The van der Waals surface area contributed by atoms with Crippen molar-refractivity contribution in [2.45, 2.75) is 24.9 Å². The van der Waals surface area contributed by atoms with Crippen LogP contribution in [-0.2, 0) is 0 Å². The van der Waals surface area contributed by atoms with Crippen molar-refractivity contribution in [2.75, 3.05) is 33.2 Å². The minimum absolute atomic E-state index is 0.299. The summed E-state index contributed by atoms with van der Waals surface area (Å²) < 4.78 is 0. The molecule has 2 unspecified atom stereocenters. The van der Waals surface area contributed by atoms with Gasteiger partial charge in [-0.2, -0.15) is 0 Å². The first-order valence-electron chi connectivity index (χ1n) is 7.15. The van der Waals surface area contributed by atoms with Crippen molar-refractivity contribution in [3.63, 3.8) is 0 Å². The summed E-state index contributed by atoms with van der Waals surface area (Å²) in [4.78, 5) is 4.95. The maximum atomic E-state index is 6.50. The van der Waals surface area contributed by atoms with Crippen LogP contribution >= 0.6 is 11.6 Å². The van der Waals surface area contributed by atoms with Crippen LogP contribution in [0.5, 0.6) is 0 Å². The first kappa shape index (κ1) is 13.4. The van der Waals surface area contributed by atoms with Crippen molar-refractivity contribution < 1.29 is 0 Å². The van der Waals surface area contributed by atoms with Gasteiger partial charge in [-0.05, 0) is 50.2 Å². The van der Waals surface area contributed by atoms with E-state index >= 15 is 0 Å². The Labute approximate surface area is 120 Å². The molecule has 19 heavy (non-hydrogen) atoms. The number of benzene rings is 1. The summed E-state index contributed by atoms with van der Waals surface area (Å²) >= 11 is 6.50. The first-order valence-corrected chi connectivity index (χ1v) is 7.53. The third kappa shape index (κ3) is 2.29. The van der Waals surface area contributed by atoms with E-state index in [2.05, 4.69) is 22.9 Å². The van der Waals surface area contributed by atoms with Gasteiger partial charge in [0.05, 0.1) is 0 Å². The van der Waals surface area contributed by atoms with Gasteiger partial charge in [0.25, 0.3) is 0 Å². The molecule has 104 valence electrons. The molecule has 2 aliphatic heterocycles. The van der Waals surface area contributed by atoms with E-state index in [-0.39, 0.29) is 0 Å². The van der Waals surface area contributed by atoms with Crippen LogP contribution in [0.3, 0.4) is 0 Å². The van der Waals surface area contributed by atoms with Crippen molar-refractivity contribution in [1.29, 1.82) is 0 Å². The number of likely N-dealkylation sites (N-methyl/N-ethyl adjacent to an activating group) is 1. The van der Waals surface area contributed by atoms with Crippen molar-refractivity contribution in [3.8, 4) is 0 Å². The second-order valence-corrected chi connectivity index (χ2v) is 6.10. The number of hydrogen-bond acceptors (Lipinski definition) is 3. The number of halogens is 1. The Morgan fingerprint density at radius 3 is 2.74 bits per heavy atom. The lowest BCUT2D eigenvalue weighted by Crippen LogP contribution is -2.44. The summed E-state index contributed by atoms with van der Waals surface area (Å²) in [5, 5.41) is 0.904. The molecule has 1 aromatic rings. The molecule has 3 nitrogen and oxygen atoms in total.